The molecule has 0 aliphatic carbocycles. The van der Waals surface area contributed by atoms with Crippen molar-refractivity contribution in [2.24, 2.45) is 0 Å². The summed E-state index contributed by atoms with van der Waals surface area (Å²) in [7, 11) is 0. The van der Waals surface area contributed by atoms with Gasteiger partial charge >= 0.3 is 6.18 Å². The van der Waals surface area contributed by atoms with Crippen LogP contribution in [0.15, 0.2) is 24.3 Å². The van der Waals surface area contributed by atoms with Crippen LogP contribution < -0.4 is 10.1 Å². The topological polar surface area (TPSA) is 30.5 Å². The maximum Gasteiger partial charge on any atom is 0.419 e. The van der Waals surface area contributed by atoms with E-state index < -0.39 is 11.7 Å². The van der Waals surface area contributed by atoms with Crippen LogP contribution in [0.3, 0.4) is 0 Å². The molecule has 0 atom stereocenters. The quantitative estimate of drug-likeness (QED) is 0.671. The zero-order valence-electron chi connectivity index (χ0n) is 12.2. The molecule has 0 aromatic heterocycles. The summed E-state index contributed by atoms with van der Waals surface area (Å²) in [5.74, 6) is -0.122. The molecule has 0 aliphatic heterocycles. The van der Waals surface area contributed by atoms with E-state index >= 15 is 0 Å². The number of halogens is 3. The molecule has 0 radical (unpaired) electrons. The Morgan fingerprint density at radius 2 is 1.81 bits per heavy atom. The Kier molecular flexibility index (Phi) is 8.15. The first-order chi connectivity index (χ1) is 10.1. The van der Waals surface area contributed by atoms with Crippen molar-refractivity contribution in [3.8, 4) is 5.75 Å². The van der Waals surface area contributed by atoms with Crippen LogP contribution in [0, 0.1) is 0 Å². The van der Waals surface area contributed by atoms with Crippen molar-refractivity contribution in [2.45, 2.75) is 25.9 Å². The second kappa shape index (κ2) is 9.63. The molecule has 6 heteroatoms. The van der Waals surface area contributed by atoms with E-state index in [4.69, 9.17) is 9.47 Å². The van der Waals surface area contributed by atoms with Gasteiger partial charge in [-0.05, 0) is 38.4 Å². The molecule has 1 N–H and O–H groups in total. The molecule has 1 aromatic rings. The standard InChI is InChI=1S/C15H22F3NO2/c1-2-20-11-6-5-9-19-10-12-21-14-8-4-3-7-13(14)15(16,17)18/h3-4,7-8,19H,2,5-6,9-12H2,1H3. The van der Waals surface area contributed by atoms with Gasteiger partial charge in [0.05, 0.1) is 5.56 Å². The Labute approximate surface area is 123 Å². The molecule has 1 aromatic carbocycles. The Balaban J connectivity index is 2.19. The van der Waals surface area contributed by atoms with Gasteiger partial charge in [0.15, 0.2) is 0 Å². The summed E-state index contributed by atoms with van der Waals surface area (Å²) < 4.78 is 48.6. The lowest BCUT2D eigenvalue weighted by atomic mass is 10.2. The summed E-state index contributed by atoms with van der Waals surface area (Å²) in [5, 5.41) is 3.13. The Morgan fingerprint density at radius 3 is 2.52 bits per heavy atom. The highest BCUT2D eigenvalue weighted by atomic mass is 19.4. The van der Waals surface area contributed by atoms with Crippen LogP contribution in [0.1, 0.15) is 25.3 Å². The van der Waals surface area contributed by atoms with E-state index in [0.717, 1.165) is 38.7 Å². The fraction of sp³-hybridized carbons (Fsp3) is 0.600. The zero-order valence-corrected chi connectivity index (χ0v) is 12.2. The number of benzene rings is 1. The van der Waals surface area contributed by atoms with E-state index in [2.05, 4.69) is 5.32 Å². The normalized spacial score (nSPS) is 11.6. The second-order valence-corrected chi connectivity index (χ2v) is 4.50. The monoisotopic (exact) mass is 305 g/mol. The first-order valence-corrected chi connectivity index (χ1v) is 7.13. The van der Waals surface area contributed by atoms with E-state index in [1.807, 2.05) is 6.92 Å². The van der Waals surface area contributed by atoms with Gasteiger partial charge in [-0.3, -0.25) is 0 Å². The number of ether oxygens (including phenoxy) is 2. The highest BCUT2D eigenvalue weighted by molar-refractivity contribution is 5.35. The predicted octanol–water partition coefficient (Wildman–Crippen LogP) is 3.49. The highest BCUT2D eigenvalue weighted by Gasteiger charge is 2.33. The van der Waals surface area contributed by atoms with E-state index in [1.165, 1.54) is 18.2 Å². The van der Waals surface area contributed by atoms with Crippen molar-refractivity contribution in [3.63, 3.8) is 0 Å². The molecule has 0 heterocycles. The summed E-state index contributed by atoms with van der Waals surface area (Å²) in [6.07, 6.45) is -2.44. The van der Waals surface area contributed by atoms with Gasteiger partial charge in [0.1, 0.15) is 12.4 Å². The largest absolute Gasteiger partial charge is 0.492 e. The molecule has 21 heavy (non-hydrogen) atoms. The number of hydrogen-bond acceptors (Lipinski definition) is 3. The molecule has 0 fully saturated rings. The minimum absolute atomic E-state index is 0.122. The van der Waals surface area contributed by atoms with Gasteiger partial charge in [-0.25, -0.2) is 0 Å². The van der Waals surface area contributed by atoms with Crippen molar-refractivity contribution in [1.82, 2.24) is 5.32 Å². The number of hydrogen-bond donors (Lipinski definition) is 1. The van der Waals surface area contributed by atoms with Gasteiger partial charge < -0.3 is 14.8 Å². The Bertz CT molecular complexity index is 397. The molecule has 0 bridgehead atoms. The van der Waals surface area contributed by atoms with Crippen molar-refractivity contribution >= 4 is 0 Å². The van der Waals surface area contributed by atoms with Gasteiger partial charge in [-0.2, -0.15) is 13.2 Å². The predicted molar refractivity (Wildman–Crippen MR) is 75.5 cm³/mol. The van der Waals surface area contributed by atoms with Crippen LogP contribution in [0.2, 0.25) is 0 Å². The lowest BCUT2D eigenvalue weighted by molar-refractivity contribution is -0.138. The average molecular weight is 305 g/mol. The van der Waals surface area contributed by atoms with E-state index in [9.17, 15) is 13.2 Å². The van der Waals surface area contributed by atoms with E-state index in [-0.39, 0.29) is 12.4 Å². The van der Waals surface area contributed by atoms with Crippen LogP contribution in [0.5, 0.6) is 5.75 Å². The highest BCUT2D eigenvalue weighted by Crippen LogP contribution is 2.35. The van der Waals surface area contributed by atoms with Crippen LogP contribution >= 0.6 is 0 Å². The van der Waals surface area contributed by atoms with Gasteiger partial charge in [-0.1, -0.05) is 12.1 Å². The molecule has 0 saturated carbocycles. The first kappa shape index (κ1) is 17.8. The molecular formula is C15H22F3NO2. The van der Waals surface area contributed by atoms with Crippen molar-refractivity contribution < 1.29 is 22.6 Å². The average Bonchev–Trinajstić information content (AvgIpc) is 2.45. The Morgan fingerprint density at radius 1 is 1.05 bits per heavy atom. The SMILES string of the molecule is CCOCCCCNCCOc1ccccc1C(F)(F)F. The summed E-state index contributed by atoms with van der Waals surface area (Å²) in [6.45, 7) is 4.94. The zero-order chi connectivity index (χ0) is 15.6. The van der Waals surface area contributed by atoms with Crippen LogP contribution in [-0.4, -0.2) is 32.9 Å². The number of nitrogens with one attached hydrogen (secondary N) is 1. The van der Waals surface area contributed by atoms with Gasteiger partial charge in [-0.15, -0.1) is 0 Å². The third-order valence-electron chi connectivity index (χ3n) is 2.83. The van der Waals surface area contributed by atoms with Crippen molar-refractivity contribution in [3.05, 3.63) is 29.8 Å². The molecule has 0 saturated heterocycles. The number of rotatable bonds is 10. The lowest BCUT2D eigenvalue weighted by Crippen LogP contribution is -2.23. The lowest BCUT2D eigenvalue weighted by Gasteiger charge is -2.13. The van der Waals surface area contributed by atoms with Crippen molar-refractivity contribution in [2.75, 3.05) is 32.9 Å². The molecule has 0 spiro atoms. The molecule has 0 unspecified atom stereocenters. The molecule has 120 valence electrons. The first-order valence-electron chi connectivity index (χ1n) is 7.13. The number of alkyl halides is 3. The molecule has 0 amide bonds. The minimum atomic E-state index is -4.39. The fourth-order valence-corrected chi connectivity index (χ4v) is 1.78. The minimum Gasteiger partial charge on any atom is -0.492 e. The summed E-state index contributed by atoms with van der Waals surface area (Å²) in [5.41, 5.74) is -0.735. The van der Waals surface area contributed by atoms with Gasteiger partial charge in [0.25, 0.3) is 0 Å². The number of para-hydroxylation sites is 1. The van der Waals surface area contributed by atoms with Gasteiger partial charge in [0, 0.05) is 19.8 Å². The second-order valence-electron chi connectivity index (χ2n) is 4.50. The summed E-state index contributed by atoms with van der Waals surface area (Å²) >= 11 is 0. The molecule has 3 nitrogen and oxygen atoms in total. The van der Waals surface area contributed by atoms with Crippen LogP contribution in [0.25, 0.3) is 0 Å². The maximum absolute atomic E-state index is 12.7. The summed E-state index contributed by atoms with van der Waals surface area (Å²) in [4.78, 5) is 0. The van der Waals surface area contributed by atoms with E-state index in [1.54, 1.807) is 0 Å². The molecular weight excluding hydrogens is 283 g/mol. The molecule has 1 rings (SSSR count). The Hall–Kier alpha value is -1.27. The van der Waals surface area contributed by atoms with Crippen LogP contribution in [-0.2, 0) is 10.9 Å². The fourth-order valence-electron chi connectivity index (χ4n) is 1.78. The van der Waals surface area contributed by atoms with E-state index in [0.29, 0.717) is 6.54 Å². The smallest absolute Gasteiger partial charge is 0.419 e. The maximum atomic E-state index is 12.7. The third kappa shape index (κ3) is 7.34. The number of unbranched alkanes of at least 4 members (excludes halogenated alkanes) is 1. The third-order valence-corrected chi connectivity index (χ3v) is 2.83. The molecule has 0 aliphatic rings. The van der Waals surface area contributed by atoms with Crippen molar-refractivity contribution in [1.29, 1.82) is 0 Å². The van der Waals surface area contributed by atoms with Gasteiger partial charge in [0.2, 0.25) is 0 Å². The van der Waals surface area contributed by atoms with Crippen LogP contribution in [0.4, 0.5) is 13.2 Å². The summed E-state index contributed by atoms with van der Waals surface area (Å²) in [6, 6.07) is 5.25.